The van der Waals surface area contributed by atoms with Gasteiger partial charge in [0.05, 0.1) is 6.20 Å². The summed E-state index contributed by atoms with van der Waals surface area (Å²) in [5.74, 6) is 0.845. The van der Waals surface area contributed by atoms with Crippen LogP contribution >= 0.6 is 0 Å². The van der Waals surface area contributed by atoms with Gasteiger partial charge in [-0.25, -0.2) is 4.98 Å². The summed E-state index contributed by atoms with van der Waals surface area (Å²) in [6.07, 6.45) is 12.4. The predicted octanol–water partition coefficient (Wildman–Crippen LogP) is 2.35. The zero-order chi connectivity index (χ0) is 11.8. The molecule has 0 aliphatic heterocycles. The van der Waals surface area contributed by atoms with Crippen LogP contribution in [0.2, 0.25) is 0 Å². The highest BCUT2D eigenvalue weighted by Gasteiger charge is 1.91. The van der Waals surface area contributed by atoms with Crippen molar-refractivity contribution in [3.63, 3.8) is 0 Å². The van der Waals surface area contributed by atoms with Gasteiger partial charge in [0, 0.05) is 37.2 Å². The van der Waals surface area contributed by atoms with Crippen LogP contribution in [0.4, 0.5) is 0 Å². The van der Waals surface area contributed by atoms with Crippen LogP contribution in [0.5, 0.6) is 0 Å². The second-order valence-corrected chi connectivity index (χ2v) is 3.18. The van der Waals surface area contributed by atoms with Gasteiger partial charge in [0.15, 0.2) is 5.82 Å². The summed E-state index contributed by atoms with van der Waals surface area (Å²) in [5, 5.41) is 0. The first-order valence-corrected chi connectivity index (χ1v) is 5.21. The molecule has 4 heteroatoms. The maximum atomic E-state index is 4.12. The van der Waals surface area contributed by atoms with E-state index in [1.165, 1.54) is 0 Å². The topological polar surface area (TPSA) is 43.6 Å². The van der Waals surface area contributed by atoms with Gasteiger partial charge in [0.1, 0.15) is 0 Å². The molecule has 3 heterocycles. The smallest absolute Gasteiger partial charge is 0.155 e. The molecule has 0 aromatic carbocycles. The summed E-state index contributed by atoms with van der Waals surface area (Å²) in [5.41, 5.74) is 0. The van der Waals surface area contributed by atoms with Gasteiger partial charge in [-0.05, 0) is 24.3 Å². The average molecular weight is 224 g/mol. The minimum Gasteiger partial charge on any atom is -0.307 e. The third-order valence-electron chi connectivity index (χ3n) is 1.99. The van der Waals surface area contributed by atoms with E-state index in [9.17, 15) is 0 Å². The van der Waals surface area contributed by atoms with Crippen molar-refractivity contribution in [2.75, 3.05) is 0 Å². The van der Waals surface area contributed by atoms with E-state index in [1.807, 2.05) is 47.3 Å². The van der Waals surface area contributed by atoms with Crippen molar-refractivity contribution in [3.05, 3.63) is 73.7 Å². The van der Waals surface area contributed by atoms with E-state index in [4.69, 9.17) is 0 Å². The first kappa shape index (κ1) is 11.0. The van der Waals surface area contributed by atoms with Gasteiger partial charge < -0.3 is 4.57 Å². The number of nitrogens with zero attached hydrogens (tertiary/aromatic N) is 4. The Hall–Kier alpha value is -2.49. The van der Waals surface area contributed by atoms with Crippen LogP contribution < -0.4 is 0 Å². The minimum absolute atomic E-state index is 0.845. The fourth-order valence-corrected chi connectivity index (χ4v) is 1.22. The van der Waals surface area contributed by atoms with Crippen molar-refractivity contribution in [3.8, 4) is 5.82 Å². The number of rotatable bonds is 1. The molecule has 17 heavy (non-hydrogen) atoms. The van der Waals surface area contributed by atoms with Gasteiger partial charge in [-0.15, -0.1) is 0 Å². The Bertz CT molecular complexity index is 479. The predicted molar refractivity (Wildman–Crippen MR) is 65.6 cm³/mol. The van der Waals surface area contributed by atoms with E-state index in [0.29, 0.717) is 0 Å². The van der Waals surface area contributed by atoms with Gasteiger partial charge in [-0.1, -0.05) is 6.07 Å². The Morgan fingerprint density at radius 1 is 0.706 bits per heavy atom. The lowest BCUT2D eigenvalue weighted by atomic mass is 10.5. The zero-order valence-corrected chi connectivity index (χ0v) is 9.22. The van der Waals surface area contributed by atoms with Gasteiger partial charge in [-0.3, -0.25) is 9.97 Å². The second kappa shape index (κ2) is 6.17. The largest absolute Gasteiger partial charge is 0.307 e. The summed E-state index contributed by atoms with van der Waals surface area (Å²) in [6, 6.07) is 9.62. The van der Waals surface area contributed by atoms with Crippen molar-refractivity contribution in [2.24, 2.45) is 0 Å². The molecule has 0 unspecified atom stereocenters. The first-order valence-electron chi connectivity index (χ1n) is 5.21. The molecule has 0 radical (unpaired) electrons. The van der Waals surface area contributed by atoms with E-state index < -0.39 is 0 Å². The lowest BCUT2D eigenvalue weighted by Crippen LogP contribution is -1.92. The maximum Gasteiger partial charge on any atom is 0.155 e. The van der Waals surface area contributed by atoms with Crippen LogP contribution in [-0.4, -0.2) is 19.5 Å². The molecule has 0 atom stereocenters. The molecule has 3 rings (SSSR count). The summed E-state index contributed by atoms with van der Waals surface area (Å²) in [7, 11) is 0. The van der Waals surface area contributed by atoms with Crippen LogP contribution in [0.25, 0.3) is 5.82 Å². The highest BCUT2D eigenvalue weighted by atomic mass is 15.0. The lowest BCUT2D eigenvalue weighted by molar-refractivity contribution is 0.983. The molecular weight excluding hydrogens is 212 g/mol. The zero-order valence-electron chi connectivity index (χ0n) is 9.22. The summed E-state index contributed by atoms with van der Waals surface area (Å²) in [4.78, 5) is 11.9. The fraction of sp³-hybridized carbons (Fsp3) is 0. The van der Waals surface area contributed by atoms with E-state index >= 15 is 0 Å². The van der Waals surface area contributed by atoms with Crippen molar-refractivity contribution in [2.45, 2.75) is 0 Å². The van der Waals surface area contributed by atoms with E-state index in [2.05, 4.69) is 15.0 Å². The SMILES string of the molecule is c1ccn(-c2cnccn2)c1.c1ccncc1. The summed E-state index contributed by atoms with van der Waals surface area (Å²) < 4.78 is 1.91. The fourth-order valence-electron chi connectivity index (χ4n) is 1.22. The van der Waals surface area contributed by atoms with Crippen molar-refractivity contribution < 1.29 is 0 Å². The van der Waals surface area contributed by atoms with Crippen LogP contribution in [0.1, 0.15) is 0 Å². The van der Waals surface area contributed by atoms with E-state index in [1.54, 1.807) is 31.0 Å². The van der Waals surface area contributed by atoms with Crippen molar-refractivity contribution >= 4 is 0 Å². The highest BCUT2D eigenvalue weighted by Crippen LogP contribution is 1.99. The highest BCUT2D eigenvalue weighted by molar-refractivity contribution is 5.18. The third kappa shape index (κ3) is 3.53. The molecule has 0 saturated heterocycles. The molecule has 4 nitrogen and oxygen atoms in total. The van der Waals surface area contributed by atoms with E-state index in [0.717, 1.165) is 5.82 Å². The minimum atomic E-state index is 0.845. The van der Waals surface area contributed by atoms with Crippen LogP contribution in [0.15, 0.2) is 73.7 Å². The Kier molecular flexibility index (Phi) is 4.00. The lowest BCUT2D eigenvalue weighted by Gasteiger charge is -1.97. The van der Waals surface area contributed by atoms with Gasteiger partial charge in [-0.2, -0.15) is 0 Å². The monoisotopic (exact) mass is 224 g/mol. The quantitative estimate of drug-likeness (QED) is 0.637. The molecule has 3 aromatic heterocycles. The van der Waals surface area contributed by atoms with Crippen LogP contribution in [0.3, 0.4) is 0 Å². The Morgan fingerprint density at radius 2 is 1.47 bits per heavy atom. The normalized spacial score (nSPS) is 9.18. The van der Waals surface area contributed by atoms with Gasteiger partial charge in [0.2, 0.25) is 0 Å². The molecule has 0 aliphatic rings. The molecule has 0 spiro atoms. The molecule has 0 amide bonds. The molecule has 0 bridgehead atoms. The number of hydrogen-bond donors (Lipinski definition) is 0. The van der Waals surface area contributed by atoms with Crippen molar-refractivity contribution in [1.82, 2.24) is 19.5 Å². The van der Waals surface area contributed by atoms with Crippen molar-refractivity contribution in [1.29, 1.82) is 0 Å². The summed E-state index contributed by atoms with van der Waals surface area (Å²) in [6.45, 7) is 0. The van der Waals surface area contributed by atoms with E-state index in [-0.39, 0.29) is 0 Å². The van der Waals surface area contributed by atoms with Crippen LogP contribution in [-0.2, 0) is 0 Å². The Labute approximate surface area is 99.6 Å². The first-order chi connectivity index (χ1) is 8.47. The number of pyridine rings is 1. The second-order valence-electron chi connectivity index (χ2n) is 3.18. The average Bonchev–Trinajstić information content (AvgIpc) is 2.96. The van der Waals surface area contributed by atoms with Gasteiger partial charge >= 0.3 is 0 Å². The Morgan fingerprint density at radius 3 is 1.94 bits per heavy atom. The Balaban J connectivity index is 0.000000153. The third-order valence-corrected chi connectivity index (χ3v) is 1.99. The maximum absolute atomic E-state index is 4.12. The van der Waals surface area contributed by atoms with Gasteiger partial charge in [0.25, 0.3) is 0 Å². The van der Waals surface area contributed by atoms with Crippen LogP contribution in [0, 0.1) is 0 Å². The molecular formula is C13H12N4. The number of aromatic nitrogens is 4. The molecule has 0 N–H and O–H groups in total. The summed E-state index contributed by atoms with van der Waals surface area (Å²) >= 11 is 0. The molecule has 0 aliphatic carbocycles. The number of hydrogen-bond acceptors (Lipinski definition) is 3. The molecule has 0 fully saturated rings. The molecule has 84 valence electrons. The standard InChI is InChI=1S/C8H7N3.C5H5N/c1-2-6-11(5-1)8-7-9-3-4-10-8;1-2-4-6-5-3-1/h1-7H;1-5H. The molecule has 3 aromatic rings. The molecule has 0 saturated carbocycles.